The molecule has 0 saturated heterocycles. The van der Waals surface area contributed by atoms with Crippen molar-refractivity contribution >= 4 is 23.0 Å². The van der Waals surface area contributed by atoms with E-state index in [0.717, 1.165) is 10.9 Å². The highest BCUT2D eigenvalue weighted by molar-refractivity contribution is 5.98. The van der Waals surface area contributed by atoms with Gasteiger partial charge in [0.1, 0.15) is 11.4 Å². The molecule has 1 heterocycles. The minimum absolute atomic E-state index is 0.370. The van der Waals surface area contributed by atoms with E-state index >= 15 is 0 Å². The molecule has 0 bridgehead atoms. The Morgan fingerprint density at radius 1 is 0.964 bits per heavy atom. The van der Waals surface area contributed by atoms with E-state index in [-0.39, 0.29) is 5.91 Å². The molecule has 2 N–H and O–H groups in total. The van der Waals surface area contributed by atoms with Gasteiger partial charge in [-0.25, -0.2) is 5.43 Å². The SMILES string of the molecule is COc1ccc2cc(C(=O)N/N=C/c3ccc(OC)c(OC)c3OC)[nH]c2c1. The molecule has 0 radical (unpaired) electrons. The maximum atomic E-state index is 12.4. The van der Waals surface area contributed by atoms with Crippen molar-refractivity contribution in [2.45, 2.75) is 0 Å². The normalized spacial score (nSPS) is 10.9. The highest BCUT2D eigenvalue weighted by Crippen LogP contribution is 2.38. The Labute approximate surface area is 162 Å². The van der Waals surface area contributed by atoms with Gasteiger partial charge >= 0.3 is 0 Å². The van der Waals surface area contributed by atoms with Crippen molar-refractivity contribution in [3.8, 4) is 23.0 Å². The van der Waals surface area contributed by atoms with Crippen LogP contribution in [-0.4, -0.2) is 45.5 Å². The van der Waals surface area contributed by atoms with Crippen LogP contribution in [0.15, 0.2) is 41.5 Å². The van der Waals surface area contributed by atoms with Crippen molar-refractivity contribution in [2.75, 3.05) is 28.4 Å². The molecule has 8 heteroatoms. The summed E-state index contributed by atoms with van der Waals surface area (Å²) in [5.74, 6) is 1.78. The summed E-state index contributed by atoms with van der Waals surface area (Å²) in [6.45, 7) is 0. The number of fused-ring (bicyclic) bond motifs is 1. The van der Waals surface area contributed by atoms with E-state index in [1.165, 1.54) is 20.4 Å². The van der Waals surface area contributed by atoms with Crippen molar-refractivity contribution in [2.24, 2.45) is 5.10 Å². The molecule has 28 heavy (non-hydrogen) atoms. The van der Waals surface area contributed by atoms with Gasteiger partial charge in [0.25, 0.3) is 5.91 Å². The number of aromatic amines is 1. The lowest BCUT2D eigenvalue weighted by Crippen LogP contribution is -2.18. The molecule has 1 aromatic heterocycles. The number of ether oxygens (including phenoxy) is 4. The molecular weight excluding hydrogens is 362 g/mol. The molecular formula is C20H21N3O5. The van der Waals surface area contributed by atoms with Gasteiger partial charge in [-0.15, -0.1) is 0 Å². The minimum Gasteiger partial charge on any atom is -0.497 e. The first kappa shape index (κ1) is 19.1. The fraction of sp³-hybridized carbons (Fsp3) is 0.200. The number of amides is 1. The topological polar surface area (TPSA) is 94.2 Å². The lowest BCUT2D eigenvalue weighted by Gasteiger charge is -2.13. The second-order valence-corrected chi connectivity index (χ2v) is 5.76. The third kappa shape index (κ3) is 3.71. The summed E-state index contributed by atoms with van der Waals surface area (Å²) in [5, 5.41) is 4.92. The number of benzene rings is 2. The fourth-order valence-electron chi connectivity index (χ4n) is 2.80. The van der Waals surface area contributed by atoms with Crippen LogP contribution in [0.2, 0.25) is 0 Å². The smallest absolute Gasteiger partial charge is 0.287 e. The van der Waals surface area contributed by atoms with Crippen LogP contribution in [0.25, 0.3) is 10.9 Å². The van der Waals surface area contributed by atoms with Gasteiger partial charge in [-0.3, -0.25) is 4.79 Å². The predicted octanol–water partition coefficient (Wildman–Crippen LogP) is 2.97. The summed E-state index contributed by atoms with van der Waals surface area (Å²) < 4.78 is 21.2. The largest absolute Gasteiger partial charge is 0.497 e. The van der Waals surface area contributed by atoms with Gasteiger partial charge in [0.15, 0.2) is 11.5 Å². The zero-order valence-corrected chi connectivity index (χ0v) is 16.0. The quantitative estimate of drug-likeness (QED) is 0.483. The number of hydrogen-bond acceptors (Lipinski definition) is 6. The number of nitrogens with one attached hydrogen (secondary N) is 2. The van der Waals surface area contributed by atoms with Gasteiger partial charge in [-0.05, 0) is 30.3 Å². The van der Waals surface area contributed by atoms with E-state index in [2.05, 4.69) is 15.5 Å². The van der Waals surface area contributed by atoms with E-state index < -0.39 is 0 Å². The molecule has 2 aromatic carbocycles. The number of hydrazone groups is 1. The van der Waals surface area contributed by atoms with Crippen molar-refractivity contribution < 1.29 is 23.7 Å². The molecule has 8 nitrogen and oxygen atoms in total. The average Bonchev–Trinajstić information content (AvgIpc) is 3.16. The van der Waals surface area contributed by atoms with Gasteiger partial charge in [-0.1, -0.05) is 0 Å². The zero-order valence-electron chi connectivity index (χ0n) is 16.0. The standard InChI is InChI=1S/C20H21N3O5/c1-25-14-7-5-12-9-16(22-15(12)10-14)20(24)23-21-11-13-6-8-17(26-2)19(28-4)18(13)27-3/h5-11,22H,1-4H3,(H,23,24)/b21-11+. The van der Waals surface area contributed by atoms with Crippen LogP contribution in [0, 0.1) is 0 Å². The molecule has 146 valence electrons. The lowest BCUT2D eigenvalue weighted by atomic mass is 10.2. The molecule has 0 atom stereocenters. The van der Waals surface area contributed by atoms with Crippen molar-refractivity contribution in [3.63, 3.8) is 0 Å². The first-order valence-corrected chi connectivity index (χ1v) is 8.40. The Balaban J connectivity index is 1.78. The van der Waals surface area contributed by atoms with Crippen LogP contribution < -0.4 is 24.4 Å². The third-order valence-corrected chi connectivity index (χ3v) is 4.18. The summed E-state index contributed by atoms with van der Waals surface area (Å²) in [7, 11) is 6.18. The van der Waals surface area contributed by atoms with Gasteiger partial charge in [0.05, 0.1) is 34.7 Å². The Morgan fingerprint density at radius 2 is 1.75 bits per heavy atom. The molecule has 0 unspecified atom stereocenters. The molecule has 0 aliphatic carbocycles. The maximum absolute atomic E-state index is 12.4. The number of aromatic nitrogens is 1. The van der Waals surface area contributed by atoms with Crippen LogP contribution in [-0.2, 0) is 0 Å². The first-order chi connectivity index (χ1) is 13.6. The summed E-state index contributed by atoms with van der Waals surface area (Å²) in [5.41, 5.74) is 4.31. The molecule has 3 rings (SSSR count). The number of methoxy groups -OCH3 is 4. The Bertz CT molecular complexity index is 1030. The van der Waals surface area contributed by atoms with E-state index in [4.69, 9.17) is 18.9 Å². The van der Waals surface area contributed by atoms with Gasteiger partial charge in [0, 0.05) is 22.5 Å². The lowest BCUT2D eigenvalue weighted by molar-refractivity contribution is 0.0951. The summed E-state index contributed by atoms with van der Waals surface area (Å²) in [4.78, 5) is 15.4. The number of carbonyl (C=O) groups excluding carboxylic acids is 1. The maximum Gasteiger partial charge on any atom is 0.287 e. The number of H-pyrrole nitrogens is 1. The number of nitrogens with zero attached hydrogens (tertiary/aromatic N) is 1. The monoisotopic (exact) mass is 383 g/mol. The number of hydrogen-bond donors (Lipinski definition) is 2. The summed E-state index contributed by atoms with van der Waals surface area (Å²) >= 11 is 0. The molecule has 3 aromatic rings. The highest BCUT2D eigenvalue weighted by Gasteiger charge is 2.15. The second-order valence-electron chi connectivity index (χ2n) is 5.76. The molecule has 0 saturated carbocycles. The van der Waals surface area contributed by atoms with E-state index in [1.807, 2.05) is 18.2 Å². The van der Waals surface area contributed by atoms with Crippen LogP contribution in [0.1, 0.15) is 16.1 Å². The van der Waals surface area contributed by atoms with Gasteiger partial charge in [-0.2, -0.15) is 5.10 Å². The number of carbonyl (C=O) groups is 1. The molecule has 0 aliphatic rings. The highest BCUT2D eigenvalue weighted by atomic mass is 16.5. The van der Waals surface area contributed by atoms with Gasteiger partial charge in [0.2, 0.25) is 5.75 Å². The van der Waals surface area contributed by atoms with Gasteiger partial charge < -0.3 is 23.9 Å². The van der Waals surface area contributed by atoms with Crippen molar-refractivity contribution in [1.82, 2.24) is 10.4 Å². The predicted molar refractivity (Wildman–Crippen MR) is 106 cm³/mol. The van der Waals surface area contributed by atoms with Crippen LogP contribution >= 0.6 is 0 Å². The van der Waals surface area contributed by atoms with Crippen LogP contribution in [0.4, 0.5) is 0 Å². The Hall–Kier alpha value is -3.68. The zero-order chi connectivity index (χ0) is 20.1. The Morgan fingerprint density at radius 3 is 2.43 bits per heavy atom. The second kappa shape index (κ2) is 8.34. The third-order valence-electron chi connectivity index (χ3n) is 4.18. The van der Waals surface area contributed by atoms with E-state index in [0.29, 0.717) is 34.3 Å². The summed E-state index contributed by atoms with van der Waals surface area (Å²) in [6.07, 6.45) is 1.48. The van der Waals surface area contributed by atoms with Crippen molar-refractivity contribution in [3.05, 3.63) is 47.7 Å². The molecule has 0 spiro atoms. The molecule has 0 aliphatic heterocycles. The van der Waals surface area contributed by atoms with E-state index in [9.17, 15) is 4.79 Å². The van der Waals surface area contributed by atoms with Crippen LogP contribution in [0.3, 0.4) is 0 Å². The Kier molecular flexibility index (Phi) is 5.69. The van der Waals surface area contributed by atoms with Crippen molar-refractivity contribution in [1.29, 1.82) is 0 Å². The average molecular weight is 383 g/mol. The fourth-order valence-corrected chi connectivity index (χ4v) is 2.80. The summed E-state index contributed by atoms with van der Waals surface area (Å²) in [6, 6.07) is 10.8. The molecule has 0 fully saturated rings. The van der Waals surface area contributed by atoms with Crippen LogP contribution in [0.5, 0.6) is 23.0 Å². The first-order valence-electron chi connectivity index (χ1n) is 8.40. The number of rotatable bonds is 7. The van der Waals surface area contributed by atoms with E-state index in [1.54, 1.807) is 32.4 Å². The minimum atomic E-state index is -0.370. The molecule has 1 amide bonds.